The second kappa shape index (κ2) is 5.47. The molecule has 0 aromatic heterocycles. The molecule has 3 N–H and O–H groups in total. The van der Waals surface area contributed by atoms with Crippen LogP contribution in [-0.2, 0) is 12.8 Å². The Balaban J connectivity index is 2.18. The van der Waals surface area contributed by atoms with E-state index in [9.17, 15) is 4.79 Å². The summed E-state index contributed by atoms with van der Waals surface area (Å²) in [5.74, 6) is -0.370. The Bertz CT molecular complexity index is 649. The van der Waals surface area contributed by atoms with E-state index in [2.05, 4.69) is 23.5 Å². The van der Waals surface area contributed by atoms with E-state index in [-0.39, 0.29) is 5.91 Å². The molecule has 0 saturated heterocycles. The summed E-state index contributed by atoms with van der Waals surface area (Å²) >= 11 is 0. The molecule has 3 nitrogen and oxygen atoms in total. The number of carbonyl (C=O) groups is 1. The van der Waals surface area contributed by atoms with Gasteiger partial charge in [-0.2, -0.15) is 0 Å². The van der Waals surface area contributed by atoms with Gasteiger partial charge in [0.25, 0.3) is 0 Å². The molecule has 0 radical (unpaired) electrons. The number of fused-ring (bicyclic) bond motifs is 1. The lowest BCUT2D eigenvalue weighted by Gasteiger charge is -2.14. The van der Waals surface area contributed by atoms with Crippen LogP contribution in [0.5, 0.6) is 0 Å². The van der Waals surface area contributed by atoms with E-state index in [0.29, 0.717) is 5.56 Å². The number of amides is 1. The molecule has 0 aliphatic carbocycles. The van der Waals surface area contributed by atoms with Crippen molar-refractivity contribution in [1.29, 1.82) is 0 Å². The van der Waals surface area contributed by atoms with Crippen molar-refractivity contribution in [3.63, 3.8) is 0 Å². The standard InChI is InChI=1S/C17H18N2O/c18-17(20)16-6-2-1-5-15(16)14-7-3-4-12-8-10-19-11-9-13(12)14/h1-7,19H,8-11H2,(H2,18,20). The van der Waals surface area contributed by atoms with Crippen LogP contribution < -0.4 is 11.1 Å². The SMILES string of the molecule is NC(=O)c1ccccc1-c1cccc2c1CCNCC2. The maximum atomic E-state index is 11.6. The van der Waals surface area contributed by atoms with Gasteiger partial charge in [0.1, 0.15) is 0 Å². The Kier molecular flexibility index (Phi) is 3.52. The lowest BCUT2D eigenvalue weighted by atomic mass is 9.90. The van der Waals surface area contributed by atoms with Crippen molar-refractivity contribution in [3.05, 3.63) is 59.2 Å². The first-order valence-electron chi connectivity index (χ1n) is 6.98. The molecule has 3 heteroatoms. The van der Waals surface area contributed by atoms with E-state index in [4.69, 9.17) is 5.73 Å². The molecule has 0 saturated carbocycles. The minimum absolute atomic E-state index is 0.370. The van der Waals surface area contributed by atoms with Crippen molar-refractivity contribution in [1.82, 2.24) is 5.32 Å². The lowest BCUT2D eigenvalue weighted by molar-refractivity contribution is 0.100. The van der Waals surface area contributed by atoms with E-state index in [1.54, 1.807) is 6.07 Å². The van der Waals surface area contributed by atoms with Crippen LogP contribution in [0.1, 0.15) is 21.5 Å². The minimum atomic E-state index is -0.370. The summed E-state index contributed by atoms with van der Waals surface area (Å²) in [5.41, 5.74) is 10.9. The van der Waals surface area contributed by atoms with Gasteiger partial charge in [-0.3, -0.25) is 4.79 Å². The van der Waals surface area contributed by atoms with Gasteiger partial charge in [0.15, 0.2) is 0 Å². The number of rotatable bonds is 2. The summed E-state index contributed by atoms with van der Waals surface area (Å²) in [5, 5.41) is 3.42. The fourth-order valence-corrected chi connectivity index (χ4v) is 2.91. The van der Waals surface area contributed by atoms with Gasteiger partial charge in [-0.25, -0.2) is 0 Å². The fraction of sp³-hybridized carbons (Fsp3) is 0.235. The van der Waals surface area contributed by atoms with Gasteiger partial charge in [0, 0.05) is 5.56 Å². The van der Waals surface area contributed by atoms with Crippen LogP contribution in [0.15, 0.2) is 42.5 Å². The predicted molar refractivity (Wildman–Crippen MR) is 80.7 cm³/mol. The van der Waals surface area contributed by atoms with Crippen molar-refractivity contribution in [2.45, 2.75) is 12.8 Å². The zero-order valence-electron chi connectivity index (χ0n) is 11.4. The maximum absolute atomic E-state index is 11.6. The number of hydrogen-bond acceptors (Lipinski definition) is 2. The molecule has 1 heterocycles. The molecule has 20 heavy (non-hydrogen) atoms. The molecule has 1 amide bonds. The van der Waals surface area contributed by atoms with Crippen molar-refractivity contribution in [3.8, 4) is 11.1 Å². The molecular formula is C17H18N2O. The second-order valence-corrected chi connectivity index (χ2v) is 5.10. The topological polar surface area (TPSA) is 55.1 Å². The largest absolute Gasteiger partial charge is 0.366 e. The number of hydrogen-bond donors (Lipinski definition) is 2. The minimum Gasteiger partial charge on any atom is -0.366 e. The van der Waals surface area contributed by atoms with Crippen LogP contribution in [0.2, 0.25) is 0 Å². The summed E-state index contributed by atoms with van der Waals surface area (Å²) < 4.78 is 0. The average molecular weight is 266 g/mol. The molecule has 3 rings (SSSR count). The Hall–Kier alpha value is -2.13. The summed E-state index contributed by atoms with van der Waals surface area (Å²) in [6.07, 6.45) is 2.01. The van der Waals surface area contributed by atoms with E-state index >= 15 is 0 Å². The third kappa shape index (κ3) is 2.32. The number of carbonyl (C=O) groups excluding carboxylic acids is 1. The van der Waals surface area contributed by atoms with Gasteiger partial charge >= 0.3 is 0 Å². The number of benzene rings is 2. The molecule has 2 aromatic rings. The highest BCUT2D eigenvalue weighted by molar-refractivity contribution is 6.00. The molecule has 1 aliphatic rings. The normalized spacial score (nSPS) is 14.4. The number of nitrogens with one attached hydrogen (secondary N) is 1. The van der Waals surface area contributed by atoms with Crippen molar-refractivity contribution < 1.29 is 4.79 Å². The van der Waals surface area contributed by atoms with Crippen molar-refractivity contribution >= 4 is 5.91 Å². The van der Waals surface area contributed by atoms with E-state index in [1.165, 1.54) is 11.1 Å². The lowest BCUT2D eigenvalue weighted by Crippen LogP contribution is -2.16. The Morgan fingerprint density at radius 2 is 1.70 bits per heavy atom. The van der Waals surface area contributed by atoms with Gasteiger partial charge in [0.2, 0.25) is 5.91 Å². The molecule has 0 fully saturated rings. The van der Waals surface area contributed by atoms with E-state index < -0.39 is 0 Å². The fourth-order valence-electron chi connectivity index (χ4n) is 2.91. The van der Waals surface area contributed by atoms with E-state index in [1.807, 2.05) is 18.2 Å². The smallest absolute Gasteiger partial charge is 0.249 e. The molecule has 0 bridgehead atoms. The molecule has 102 valence electrons. The third-order valence-electron chi connectivity index (χ3n) is 3.88. The first-order valence-corrected chi connectivity index (χ1v) is 6.98. The molecule has 0 unspecified atom stereocenters. The molecule has 2 aromatic carbocycles. The summed E-state index contributed by atoms with van der Waals surface area (Å²) in [6.45, 7) is 1.98. The molecular weight excluding hydrogens is 248 g/mol. The summed E-state index contributed by atoms with van der Waals surface area (Å²) in [7, 11) is 0. The van der Waals surface area contributed by atoms with Crippen LogP contribution >= 0.6 is 0 Å². The predicted octanol–water partition coefficient (Wildman–Crippen LogP) is 2.14. The third-order valence-corrected chi connectivity index (χ3v) is 3.88. The van der Waals surface area contributed by atoms with Gasteiger partial charge in [0.05, 0.1) is 0 Å². The first-order chi connectivity index (χ1) is 9.77. The Morgan fingerprint density at radius 3 is 2.55 bits per heavy atom. The summed E-state index contributed by atoms with van der Waals surface area (Å²) in [6, 6.07) is 13.9. The van der Waals surface area contributed by atoms with Crippen molar-refractivity contribution in [2.24, 2.45) is 5.73 Å². The maximum Gasteiger partial charge on any atom is 0.249 e. The van der Waals surface area contributed by atoms with Gasteiger partial charge in [-0.15, -0.1) is 0 Å². The zero-order chi connectivity index (χ0) is 13.9. The van der Waals surface area contributed by atoms with E-state index in [0.717, 1.165) is 37.1 Å². The van der Waals surface area contributed by atoms with Crippen LogP contribution in [0.3, 0.4) is 0 Å². The quantitative estimate of drug-likeness (QED) is 0.875. The number of primary amides is 1. The number of nitrogens with two attached hydrogens (primary N) is 1. The second-order valence-electron chi connectivity index (χ2n) is 5.10. The Labute approximate surface area is 118 Å². The summed E-state index contributed by atoms with van der Waals surface area (Å²) in [4.78, 5) is 11.6. The zero-order valence-corrected chi connectivity index (χ0v) is 11.4. The van der Waals surface area contributed by atoms with Crippen molar-refractivity contribution in [2.75, 3.05) is 13.1 Å². The molecule has 0 atom stereocenters. The van der Waals surface area contributed by atoms with Gasteiger partial charge in [-0.1, -0.05) is 36.4 Å². The van der Waals surface area contributed by atoms with Crippen LogP contribution in [-0.4, -0.2) is 19.0 Å². The molecule has 0 spiro atoms. The van der Waals surface area contributed by atoms with Gasteiger partial charge in [-0.05, 0) is 54.3 Å². The highest BCUT2D eigenvalue weighted by Crippen LogP contribution is 2.30. The van der Waals surface area contributed by atoms with Crippen LogP contribution in [0, 0.1) is 0 Å². The monoisotopic (exact) mass is 266 g/mol. The Morgan fingerprint density at radius 1 is 0.950 bits per heavy atom. The van der Waals surface area contributed by atoms with Gasteiger partial charge < -0.3 is 11.1 Å². The first kappa shape index (κ1) is 12.9. The average Bonchev–Trinajstić information content (AvgIpc) is 2.72. The highest BCUT2D eigenvalue weighted by Gasteiger charge is 2.16. The van der Waals surface area contributed by atoms with Crippen LogP contribution in [0.4, 0.5) is 0 Å². The molecule has 1 aliphatic heterocycles. The van der Waals surface area contributed by atoms with Crippen LogP contribution in [0.25, 0.3) is 11.1 Å². The highest BCUT2D eigenvalue weighted by atomic mass is 16.1.